The molecule has 0 atom stereocenters. The van der Waals surface area contributed by atoms with Gasteiger partial charge < -0.3 is 5.32 Å². The number of thiophene rings is 1. The lowest BCUT2D eigenvalue weighted by atomic mass is 10.2. The van der Waals surface area contributed by atoms with Crippen molar-refractivity contribution in [2.24, 2.45) is 0 Å². The Morgan fingerprint density at radius 2 is 2.04 bits per heavy atom. The van der Waals surface area contributed by atoms with E-state index in [2.05, 4.69) is 20.6 Å². The van der Waals surface area contributed by atoms with Gasteiger partial charge in [-0.2, -0.15) is 9.61 Å². The highest BCUT2D eigenvalue weighted by Crippen LogP contribution is 2.24. The molecule has 3 aromatic heterocycles. The summed E-state index contributed by atoms with van der Waals surface area (Å²) in [5.41, 5.74) is 2.55. The third-order valence-electron chi connectivity index (χ3n) is 3.75. The van der Waals surface area contributed by atoms with Gasteiger partial charge in [0.15, 0.2) is 11.5 Å². The molecule has 0 fully saturated rings. The quantitative estimate of drug-likeness (QED) is 0.531. The molecule has 1 aromatic carbocycles. The Bertz CT molecular complexity index is 1060. The van der Waals surface area contributed by atoms with Crippen LogP contribution in [0.3, 0.4) is 0 Å². The average Bonchev–Trinajstić information content (AvgIpc) is 3.30. The molecule has 4 rings (SSSR count). The number of hydrogen-bond acceptors (Lipinski definition) is 6. The van der Waals surface area contributed by atoms with Crippen LogP contribution < -0.4 is 5.32 Å². The monoisotopic (exact) mass is 381 g/mol. The fourth-order valence-electron chi connectivity index (χ4n) is 2.45. The summed E-state index contributed by atoms with van der Waals surface area (Å²) in [6.45, 7) is 1.97. The minimum absolute atomic E-state index is 0.0616. The molecule has 1 N–H and O–H groups in total. The van der Waals surface area contributed by atoms with Crippen molar-refractivity contribution in [1.29, 1.82) is 0 Å². The van der Waals surface area contributed by atoms with E-state index in [-0.39, 0.29) is 11.7 Å². The number of carbonyl (C=O) groups is 1. The van der Waals surface area contributed by atoms with Gasteiger partial charge in [-0.3, -0.25) is 4.79 Å². The maximum absolute atomic E-state index is 12.2. The summed E-state index contributed by atoms with van der Waals surface area (Å²) in [5.74, 6) is 0.929. The number of aryl methyl sites for hydroxylation is 1. The average molecular weight is 381 g/mol. The highest BCUT2D eigenvalue weighted by molar-refractivity contribution is 7.99. The Balaban J connectivity index is 1.48. The maximum atomic E-state index is 12.2. The zero-order valence-corrected chi connectivity index (χ0v) is 15.5. The number of thioether (sulfide) groups is 1. The number of amides is 1. The molecule has 0 aliphatic heterocycles. The Hall–Kier alpha value is -2.71. The topological polar surface area (TPSA) is 72.2 Å². The second-order valence-corrected chi connectivity index (χ2v) is 7.54. The van der Waals surface area contributed by atoms with Gasteiger partial charge >= 0.3 is 0 Å². The van der Waals surface area contributed by atoms with Crippen LogP contribution in [0.2, 0.25) is 0 Å². The molecule has 0 spiro atoms. The van der Waals surface area contributed by atoms with Crippen LogP contribution in [-0.2, 0) is 4.79 Å². The number of benzene rings is 1. The molecule has 6 nitrogen and oxygen atoms in total. The first-order valence-corrected chi connectivity index (χ1v) is 9.82. The highest BCUT2D eigenvalue weighted by Gasteiger charge is 2.12. The molecule has 0 aliphatic carbocycles. The summed E-state index contributed by atoms with van der Waals surface area (Å²) in [6, 6.07) is 15.4. The molecule has 0 bridgehead atoms. The van der Waals surface area contributed by atoms with Crippen molar-refractivity contribution < 1.29 is 4.79 Å². The summed E-state index contributed by atoms with van der Waals surface area (Å²) in [7, 11) is 0. The highest BCUT2D eigenvalue weighted by atomic mass is 32.2. The Kier molecular flexibility index (Phi) is 4.68. The lowest BCUT2D eigenvalue weighted by molar-refractivity contribution is -0.113. The summed E-state index contributed by atoms with van der Waals surface area (Å²) < 4.78 is 1.72. The first-order chi connectivity index (χ1) is 12.7. The Labute approximate surface area is 158 Å². The van der Waals surface area contributed by atoms with E-state index in [1.54, 1.807) is 15.9 Å². The zero-order chi connectivity index (χ0) is 17.9. The molecule has 0 saturated heterocycles. The normalized spacial score (nSPS) is 11.0. The van der Waals surface area contributed by atoms with E-state index < -0.39 is 0 Å². The third-order valence-corrected chi connectivity index (χ3v) is 5.54. The molecule has 3 heterocycles. The predicted molar refractivity (Wildman–Crippen MR) is 105 cm³/mol. The first-order valence-electron chi connectivity index (χ1n) is 7.95. The second kappa shape index (κ2) is 7.27. The number of nitrogens with one attached hydrogen (secondary N) is 1. The molecule has 0 unspecified atom stereocenters. The number of rotatable bonds is 5. The van der Waals surface area contributed by atoms with E-state index in [4.69, 9.17) is 0 Å². The molecule has 4 aromatic rings. The number of carbonyl (C=O) groups excluding carboxylic acids is 1. The van der Waals surface area contributed by atoms with Gasteiger partial charge in [0, 0.05) is 5.69 Å². The van der Waals surface area contributed by atoms with Gasteiger partial charge in [0.05, 0.1) is 10.6 Å². The van der Waals surface area contributed by atoms with Crippen molar-refractivity contribution in [2.75, 3.05) is 11.1 Å². The van der Waals surface area contributed by atoms with Crippen LogP contribution >= 0.6 is 23.1 Å². The third kappa shape index (κ3) is 3.47. The molecule has 0 saturated carbocycles. The first kappa shape index (κ1) is 16.7. The van der Waals surface area contributed by atoms with Crippen LogP contribution in [0.4, 0.5) is 5.69 Å². The number of para-hydroxylation sites is 1. The number of hydrogen-bond donors (Lipinski definition) is 1. The molecule has 130 valence electrons. The van der Waals surface area contributed by atoms with E-state index in [1.165, 1.54) is 11.8 Å². The summed E-state index contributed by atoms with van der Waals surface area (Å²) in [5, 5.41) is 18.6. The standard InChI is InChI=1S/C18H15N5OS2/c1-12-5-2-3-6-13(12)19-16(24)11-26-17-9-8-15-20-21-18(23(15)22-17)14-7-4-10-25-14/h2-10H,11H2,1H3,(H,19,24). The second-order valence-electron chi connectivity index (χ2n) is 5.59. The van der Waals surface area contributed by atoms with E-state index in [1.807, 2.05) is 60.8 Å². The summed E-state index contributed by atoms with van der Waals surface area (Å²) >= 11 is 2.97. The van der Waals surface area contributed by atoms with Crippen molar-refractivity contribution in [3.8, 4) is 10.7 Å². The molecular weight excluding hydrogens is 366 g/mol. The number of nitrogens with zero attached hydrogens (tertiary/aromatic N) is 4. The van der Waals surface area contributed by atoms with E-state index in [0.717, 1.165) is 21.2 Å². The zero-order valence-electron chi connectivity index (χ0n) is 13.9. The Morgan fingerprint density at radius 3 is 2.85 bits per heavy atom. The van der Waals surface area contributed by atoms with Gasteiger partial charge in [0.2, 0.25) is 5.91 Å². The van der Waals surface area contributed by atoms with Crippen molar-refractivity contribution >= 4 is 40.3 Å². The molecule has 0 aliphatic rings. The van der Waals surface area contributed by atoms with E-state index in [9.17, 15) is 4.79 Å². The maximum Gasteiger partial charge on any atom is 0.234 e. The summed E-state index contributed by atoms with van der Waals surface area (Å²) in [4.78, 5) is 13.2. The van der Waals surface area contributed by atoms with Crippen LogP contribution in [0, 0.1) is 6.92 Å². The smallest absolute Gasteiger partial charge is 0.234 e. The summed E-state index contributed by atoms with van der Waals surface area (Å²) in [6.07, 6.45) is 0. The Morgan fingerprint density at radius 1 is 1.15 bits per heavy atom. The minimum atomic E-state index is -0.0616. The fourth-order valence-corrected chi connectivity index (χ4v) is 3.80. The molecule has 1 amide bonds. The SMILES string of the molecule is Cc1ccccc1NC(=O)CSc1ccc2nnc(-c3cccs3)n2n1. The fraction of sp³-hybridized carbons (Fsp3) is 0.111. The van der Waals surface area contributed by atoms with Gasteiger partial charge in [-0.05, 0) is 42.1 Å². The number of anilines is 1. The minimum Gasteiger partial charge on any atom is -0.325 e. The molecular formula is C18H15N5OS2. The van der Waals surface area contributed by atoms with Crippen molar-refractivity contribution in [3.05, 3.63) is 59.5 Å². The van der Waals surface area contributed by atoms with Crippen LogP contribution in [0.15, 0.2) is 58.9 Å². The van der Waals surface area contributed by atoms with Gasteiger partial charge in [-0.25, -0.2) is 0 Å². The van der Waals surface area contributed by atoms with Gasteiger partial charge in [0.1, 0.15) is 5.03 Å². The largest absolute Gasteiger partial charge is 0.325 e. The van der Waals surface area contributed by atoms with Gasteiger partial charge in [-0.15, -0.1) is 21.5 Å². The predicted octanol–water partition coefficient (Wildman–Crippen LogP) is 3.89. The van der Waals surface area contributed by atoms with Crippen LogP contribution in [0.5, 0.6) is 0 Å². The van der Waals surface area contributed by atoms with Crippen molar-refractivity contribution in [3.63, 3.8) is 0 Å². The van der Waals surface area contributed by atoms with Crippen molar-refractivity contribution in [1.82, 2.24) is 19.8 Å². The van der Waals surface area contributed by atoms with Gasteiger partial charge in [-0.1, -0.05) is 36.0 Å². The van der Waals surface area contributed by atoms with E-state index >= 15 is 0 Å². The van der Waals surface area contributed by atoms with E-state index in [0.29, 0.717) is 11.5 Å². The van der Waals surface area contributed by atoms with Crippen LogP contribution in [-0.4, -0.2) is 31.5 Å². The molecule has 26 heavy (non-hydrogen) atoms. The lowest BCUT2D eigenvalue weighted by Gasteiger charge is -2.07. The number of aromatic nitrogens is 4. The number of fused-ring (bicyclic) bond motifs is 1. The molecule has 8 heteroatoms. The van der Waals surface area contributed by atoms with Crippen molar-refractivity contribution in [2.45, 2.75) is 11.9 Å². The lowest BCUT2D eigenvalue weighted by Crippen LogP contribution is -2.15. The molecule has 0 radical (unpaired) electrons. The van der Waals surface area contributed by atoms with Gasteiger partial charge in [0.25, 0.3) is 0 Å². The van der Waals surface area contributed by atoms with Crippen LogP contribution in [0.1, 0.15) is 5.56 Å². The van der Waals surface area contributed by atoms with Crippen LogP contribution in [0.25, 0.3) is 16.3 Å².